The number of aromatic nitrogens is 1. The van der Waals surface area contributed by atoms with Crippen molar-refractivity contribution in [3.8, 4) is 5.75 Å². The molecule has 0 bridgehead atoms. The molecule has 1 aliphatic heterocycles. The van der Waals surface area contributed by atoms with Crippen LogP contribution in [0.25, 0.3) is 10.9 Å². The summed E-state index contributed by atoms with van der Waals surface area (Å²) >= 11 is 1.49. The van der Waals surface area contributed by atoms with Crippen LogP contribution in [0.5, 0.6) is 5.75 Å². The summed E-state index contributed by atoms with van der Waals surface area (Å²) in [6.07, 6.45) is 0. The molecule has 3 aromatic rings. The van der Waals surface area contributed by atoms with Gasteiger partial charge in [0, 0.05) is 33.7 Å². The second-order valence-corrected chi connectivity index (χ2v) is 12.2. The van der Waals surface area contributed by atoms with E-state index in [1.165, 1.54) is 17.8 Å². The molecule has 34 heavy (non-hydrogen) atoms. The number of ether oxygens (including phenoxy) is 1. The average Bonchev–Trinajstić information content (AvgIpc) is 2.81. The SMILES string of the molecule is Cc1cc(COc2ccccc2S(=O)(=O)N2CCSC(C)(C)C2C(=O)NO)c2ccccc2n1. The number of hydroxylamine groups is 1. The predicted molar refractivity (Wildman–Crippen MR) is 131 cm³/mol. The quantitative estimate of drug-likeness (QED) is 0.393. The molecule has 0 radical (unpaired) electrons. The summed E-state index contributed by atoms with van der Waals surface area (Å²) in [6, 6.07) is 15.0. The predicted octanol–water partition coefficient (Wildman–Crippen LogP) is 3.51. The Morgan fingerprint density at radius 3 is 2.71 bits per heavy atom. The highest BCUT2D eigenvalue weighted by Gasteiger charge is 2.48. The topological polar surface area (TPSA) is 109 Å². The summed E-state index contributed by atoms with van der Waals surface area (Å²) in [5.41, 5.74) is 4.20. The van der Waals surface area contributed by atoms with Gasteiger partial charge in [0.1, 0.15) is 23.3 Å². The van der Waals surface area contributed by atoms with Crippen molar-refractivity contribution >= 4 is 38.6 Å². The van der Waals surface area contributed by atoms with Crippen LogP contribution in [0.1, 0.15) is 25.1 Å². The highest BCUT2D eigenvalue weighted by Crippen LogP contribution is 2.39. The Balaban J connectivity index is 1.69. The first kappa shape index (κ1) is 24.5. The van der Waals surface area contributed by atoms with Gasteiger partial charge in [0.05, 0.1) is 5.52 Å². The minimum absolute atomic E-state index is 0.0245. The van der Waals surface area contributed by atoms with Crippen LogP contribution >= 0.6 is 11.8 Å². The normalized spacial score (nSPS) is 18.5. The van der Waals surface area contributed by atoms with Crippen molar-refractivity contribution in [2.45, 2.75) is 43.1 Å². The fourth-order valence-electron chi connectivity index (χ4n) is 4.30. The van der Waals surface area contributed by atoms with Crippen molar-refractivity contribution in [3.63, 3.8) is 0 Å². The molecule has 1 aromatic heterocycles. The molecular weight excluding hydrogens is 474 g/mol. The van der Waals surface area contributed by atoms with E-state index in [0.29, 0.717) is 5.75 Å². The van der Waals surface area contributed by atoms with Gasteiger partial charge < -0.3 is 4.74 Å². The van der Waals surface area contributed by atoms with Gasteiger partial charge >= 0.3 is 0 Å². The summed E-state index contributed by atoms with van der Waals surface area (Å²) in [5.74, 6) is -0.0506. The van der Waals surface area contributed by atoms with Crippen molar-refractivity contribution in [1.82, 2.24) is 14.8 Å². The molecule has 1 unspecified atom stereocenters. The second kappa shape index (κ2) is 9.53. The molecule has 0 aliphatic carbocycles. The zero-order valence-electron chi connectivity index (χ0n) is 19.2. The third-order valence-corrected chi connectivity index (χ3v) is 9.10. The number of nitrogens with zero attached hydrogens (tertiary/aromatic N) is 2. The molecule has 0 spiro atoms. The van der Waals surface area contributed by atoms with Gasteiger partial charge in [-0.25, -0.2) is 13.9 Å². The fraction of sp³-hybridized carbons (Fsp3) is 0.333. The van der Waals surface area contributed by atoms with E-state index in [-0.39, 0.29) is 23.8 Å². The highest BCUT2D eigenvalue weighted by molar-refractivity contribution is 8.01. The van der Waals surface area contributed by atoms with E-state index in [2.05, 4.69) is 4.98 Å². The first-order chi connectivity index (χ1) is 16.1. The van der Waals surface area contributed by atoms with Crippen molar-refractivity contribution in [2.75, 3.05) is 12.3 Å². The van der Waals surface area contributed by atoms with E-state index < -0.39 is 26.7 Å². The minimum atomic E-state index is -4.11. The maximum Gasteiger partial charge on any atom is 0.263 e. The minimum Gasteiger partial charge on any atom is -0.487 e. The zero-order valence-corrected chi connectivity index (χ0v) is 20.8. The first-order valence-electron chi connectivity index (χ1n) is 10.8. The number of para-hydroxylation sites is 2. The van der Waals surface area contributed by atoms with E-state index in [1.54, 1.807) is 37.5 Å². The molecule has 1 saturated heterocycles. The monoisotopic (exact) mass is 501 g/mol. The summed E-state index contributed by atoms with van der Waals surface area (Å²) in [7, 11) is -4.11. The van der Waals surface area contributed by atoms with Crippen molar-refractivity contribution < 1.29 is 23.2 Å². The molecule has 4 rings (SSSR count). The third-order valence-electron chi connectivity index (χ3n) is 5.84. The number of amides is 1. The lowest BCUT2D eigenvalue weighted by atomic mass is 10.0. The summed E-state index contributed by atoms with van der Waals surface area (Å²) in [4.78, 5) is 17.0. The molecule has 1 aliphatic rings. The lowest BCUT2D eigenvalue weighted by Gasteiger charge is -2.43. The number of aryl methyl sites for hydroxylation is 1. The van der Waals surface area contributed by atoms with Gasteiger partial charge in [0.2, 0.25) is 10.0 Å². The molecule has 2 aromatic carbocycles. The maximum atomic E-state index is 13.8. The lowest BCUT2D eigenvalue weighted by molar-refractivity contribution is -0.134. The number of nitrogens with one attached hydrogen (secondary N) is 1. The maximum absolute atomic E-state index is 13.8. The number of thioether (sulfide) groups is 1. The van der Waals surface area contributed by atoms with Gasteiger partial charge in [-0.15, -0.1) is 0 Å². The second-order valence-electron chi connectivity index (χ2n) is 8.62. The van der Waals surface area contributed by atoms with Gasteiger partial charge in [-0.2, -0.15) is 16.1 Å². The Morgan fingerprint density at radius 2 is 1.94 bits per heavy atom. The van der Waals surface area contributed by atoms with Crippen LogP contribution in [0, 0.1) is 6.92 Å². The van der Waals surface area contributed by atoms with Crippen molar-refractivity contribution in [2.24, 2.45) is 0 Å². The average molecular weight is 502 g/mol. The largest absolute Gasteiger partial charge is 0.487 e. The molecule has 1 fully saturated rings. The Hall–Kier alpha value is -2.66. The summed E-state index contributed by atoms with van der Waals surface area (Å²) in [6.45, 7) is 5.77. The smallest absolute Gasteiger partial charge is 0.263 e. The zero-order chi connectivity index (χ0) is 24.5. The number of carbonyl (C=O) groups is 1. The van der Waals surface area contributed by atoms with Gasteiger partial charge in [-0.3, -0.25) is 15.0 Å². The van der Waals surface area contributed by atoms with Crippen LogP contribution in [-0.2, 0) is 21.4 Å². The number of hydrogen-bond acceptors (Lipinski definition) is 7. The van der Waals surface area contributed by atoms with E-state index >= 15 is 0 Å². The number of benzene rings is 2. The van der Waals surface area contributed by atoms with Gasteiger partial charge in [-0.1, -0.05) is 30.3 Å². The first-order valence-corrected chi connectivity index (χ1v) is 13.2. The number of fused-ring (bicyclic) bond motifs is 1. The molecular formula is C24H27N3O5S2. The Kier molecular flexibility index (Phi) is 6.86. The molecule has 180 valence electrons. The lowest BCUT2D eigenvalue weighted by Crippen LogP contribution is -2.61. The third kappa shape index (κ3) is 4.63. The number of sulfonamides is 1. The summed E-state index contributed by atoms with van der Waals surface area (Å²) in [5, 5.41) is 10.2. The summed E-state index contributed by atoms with van der Waals surface area (Å²) < 4.78 is 34.0. The molecule has 2 heterocycles. The standard InChI is InChI=1S/C24H27N3O5S2/c1-16-14-17(18-8-4-5-9-19(18)25-16)15-32-20-10-6-7-11-21(20)34(30,31)27-12-13-33-24(2,3)22(27)23(28)26-29/h4-11,14,22,29H,12-13,15H2,1-3H3,(H,26,28). The van der Waals surface area contributed by atoms with Crippen LogP contribution in [0.15, 0.2) is 59.5 Å². The van der Waals surface area contributed by atoms with Crippen LogP contribution in [0.3, 0.4) is 0 Å². The molecule has 0 saturated carbocycles. The van der Waals surface area contributed by atoms with E-state index in [0.717, 1.165) is 26.5 Å². The number of hydrogen-bond donors (Lipinski definition) is 2. The molecule has 2 N–H and O–H groups in total. The van der Waals surface area contributed by atoms with Crippen LogP contribution in [-0.4, -0.2) is 51.9 Å². The van der Waals surface area contributed by atoms with E-state index in [9.17, 15) is 18.4 Å². The van der Waals surface area contributed by atoms with Crippen LogP contribution in [0.2, 0.25) is 0 Å². The van der Waals surface area contributed by atoms with Crippen LogP contribution < -0.4 is 10.2 Å². The van der Waals surface area contributed by atoms with Crippen LogP contribution in [0.4, 0.5) is 0 Å². The molecule has 8 nitrogen and oxygen atoms in total. The van der Waals surface area contributed by atoms with Crippen molar-refractivity contribution in [1.29, 1.82) is 0 Å². The van der Waals surface area contributed by atoms with Crippen molar-refractivity contribution in [3.05, 3.63) is 65.9 Å². The number of carbonyl (C=O) groups excluding carboxylic acids is 1. The Bertz CT molecular complexity index is 1330. The molecule has 10 heteroatoms. The number of pyridine rings is 1. The van der Waals surface area contributed by atoms with E-state index in [4.69, 9.17) is 4.74 Å². The van der Waals surface area contributed by atoms with Gasteiger partial charge in [0.15, 0.2) is 0 Å². The molecule has 1 amide bonds. The van der Waals surface area contributed by atoms with Gasteiger partial charge in [-0.05, 0) is 45.0 Å². The fourth-order valence-corrected chi connectivity index (χ4v) is 7.54. The highest BCUT2D eigenvalue weighted by atomic mass is 32.2. The van der Waals surface area contributed by atoms with E-state index in [1.807, 2.05) is 37.3 Å². The molecule has 1 atom stereocenters. The Morgan fingerprint density at radius 1 is 1.24 bits per heavy atom. The Labute approximate surface area is 203 Å². The number of rotatable bonds is 6. The van der Waals surface area contributed by atoms with Gasteiger partial charge in [0.25, 0.3) is 5.91 Å².